The standard InChI is InChI=1S/4Ca.8FH/h;;;;8*1H/q4*+2;;;;;;;;/p-8. The molecule has 0 aliphatic carbocycles. The normalized spacial score (nSPS) is 0. The molecule has 12 heavy (non-hydrogen) atoms. The second-order valence-corrected chi connectivity index (χ2v) is 0. The fraction of sp³-hybridized carbons (Fsp3) is 0. The third-order valence-electron chi connectivity index (χ3n) is 0. The number of halogens is 8. The minimum absolute atomic E-state index is 0. The quantitative estimate of drug-likeness (QED) is 0.308. The third kappa shape index (κ3) is 131. The van der Waals surface area contributed by atoms with Gasteiger partial charge < -0.3 is 37.6 Å². The molecule has 0 aliphatic rings. The van der Waals surface area contributed by atoms with Crippen molar-refractivity contribution in [1.82, 2.24) is 0 Å². The average molecular weight is 312 g/mol. The third-order valence-corrected chi connectivity index (χ3v) is 0. The molecule has 0 bridgehead atoms. The van der Waals surface area contributed by atoms with E-state index < -0.39 is 0 Å². The Morgan fingerprint density at radius 3 is 0.167 bits per heavy atom. The molecule has 0 saturated heterocycles. The average Bonchev–Trinajstić information content (AvgIpc) is 0. The molecule has 12 heteroatoms. The van der Waals surface area contributed by atoms with Crippen LogP contribution in [-0.4, -0.2) is 151 Å². The van der Waals surface area contributed by atoms with Gasteiger partial charge in [0.25, 0.3) is 0 Å². The van der Waals surface area contributed by atoms with Gasteiger partial charge in [-0.25, -0.2) is 0 Å². The Morgan fingerprint density at radius 1 is 0.167 bits per heavy atom. The molecular weight excluding hydrogens is 312 g/mol. The first-order chi connectivity index (χ1) is 0. The summed E-state index contributed by atoms with van der Waals surface area (Å²) in [5.74, 6) is 0. The predicted molar refractivity (Wildman–Crippen MR) is 23.0 cm³/mol. The molecule has 0 spiro atoms. The van der Waals surface area contributed by atoms with Crippen LogP contribution >= 0.6 is 0 Å². The Kier molecular flexibility index (Phi) is 2650. The summed E-state index contributed by atoms with van der Waals surface area (Å²) in [7, 11) is 0. The molecule has 0 aliphatic heterocycles. The van der Waals surface area contributed by atoms with Crippen molar-refractivity contribution in [2.45, 2.75) is 0 Å². The molecule has 64 valence electrons. The molecule has 0 amide bonds. The minimum atomic E-state index is 0. The SMILES string of the molecule is [Ca+2].[Ca+2].[Ca+2].[Ca+2].[F-].[F-].[F-].[F-].[F-].[F-].[F-].[F-]. The van der Waals surface area contributed by atoms with Crippen molar-refractivity contribution < 1.29 is 37.6 Å². The van der Waals surface area contributed by atoms with Crippen LogP contribution < -0.4 is 37.6 Å². The smallest absolute Gasteiger partial charge is 1.00 e. The van der Waals surface area contributed by atoms with Crippen LogP contribution in [0.15, 0.2) is 0 Å². The van der Waals surface area contributed by atoms with Crippen molar-refractivity contribution in [2.75, 3.05) is 0 Å². The molecule has 0 aromatic carbocycles. The Hall–Kier alpha value is 4.48. The van der Waals surface area contributed by atoms with Gasteiger partial charge in [-0.3, -0.25) is 0 Å². The monoisotopic (exact) mass is 312 g/mol. The summed E-state index contributed by atoms with van der Waals surface area (Å²) >= 11 is 0. The van der Waals surface area contributed by atoms with Gasteiger partial charge in [0, 0.05) is 0 Å². The van der Waals surface area contributed by atoms with E-state index in [1.54, 1.807) is 0 Å². The van der Waals surface area contributed by atoms with Gasteiger partial charge in [0.2, 0.25) is 0 Å². The van der Waals surface area contributed by atoms with E-state index in [1.807, 2.05) is 0 Å². The van der Waals surface area contributed by atoms with Gasteiger partial charge >= 0.3 is 151 Å². The van der Waals surface area contributed by atoms with Gasteiger partial charge in [-0.2, -0.15) is 0 Å². The fourth-order valence-corrected chi connectivity index (χ4v) is 0. The molecule has 0 nitrogen and oxygen atoms in total. The minimum Gasteiger partial charge on any atom is -1.00 e. The molecule has 0 N–H and O–H groups in total. The van der Waals surface area contributed by atoms with E-state index in [1.165, 1.54) is 0 Å². The molecule has 0 unspecified atom stereocenters. The molecule has 0 heterocycles. The Morgan fingerprint density at radius 2 is 0.167 bits per heavy atom. The van der Waals surface area contributed by atoms with Crippen molar-refractivity contribution in [2.24, 2.45) is 0 Å². The van der Waals surface area contributed by atoms with Crippen LogP contribution in [0.4, 0.5) is 0 Å². The Balaban J connectivity index is 0. The van der Waals surface area contributed by atoms with E-state index in [4.69, 9.17) is 0 Å². The van der Waals surface area contributed by atoms with Crippen LogP contribution in [0.5, 0.6) is 0 Å². The van der Waals surface area contributed by atoms with Crippen molar-refractivity contribution in [3.8, 4) is 0 Å². The van der Waals surface area contributed by atoms with Crippen LogP contribution in [0.25, 0.3) is 0 Å². The molecule has 0 saturated carbocycles. The van der Waals surface area contributed by atoms with Crippen molar-refractivity contribution in [1.29, 1.82) is 0 Å². The predicted octanol–water partition coefficient (Wildman–Crippen LogP) is -25.5. The second kappa shape index (κ2) is 162. The molecule has 0 aromatic rings. The maximum Gasteiger partial charge on any atom is 2.00 e. The first kappa shape index (κ1) is 197. The fourth-order valence-electron chi connectivity index (χ4n) is 0. The van der Waals surface area contributed by atoms with Gasteiger partial charge in [-0.15, -0.1) is 0 Å². The Labute approximate surface area is 184 Å². The van der Waals surface area contributed by atoms with E-state index in [9.17, 15) is 0 Å². The zero-order valence-electron chi connectivity index (χ0n) is 5.85. The topological polar surface area (TPSA) is 0 Å². The summed E-state index contributed by atoms with van der Waals surface area (Å²) in [5, 5.41) is 0. The summed E-state index contributed by atoms with van der Waals surface area (Å²) in [5.41, 5.74) is 0. The van der Waals surface area contributed by atoms with Gasteiger partial charge in [0.15, 0.2) is 0 Å². The van der Waals surface area contributed by atoms with Gasteiger partial charge in [-0.05, 0) is 0 Å². The first-order valence-electron chi connectivity index (χ1n) is 0. The van der Waals surface area contributed by atoms with E-state index >= 15 is 0 Å². The van der Waals surface area contributed by atoms with E-state index in [2.05, 4.69) is 0 Å². The number of rotatable bonds is 0. The van der Waals surface area contributed by atoms with E-state index in [0.717, 1.165) is 0 Å². The maximum atomic E-state index is 0. The van der Waals surface area contributed by atoms with Crippen molar-refractivity contribution in [3.05, 3.63) is 0 Å². The summed E-state index contributed by atoms with van der Waals surface area (Å²) in [6.45, 7) is 0. The molecule has 0 rings (SSSR count). The van der Waals surface area contributed by atoms with E-state index in [-0.39, 0.29) is 189 Å². The van der Waals surface area contributed by atoms with Crippen LogP contribution in [0.3, 0.4) is 0 Å². The number of hydrogen-bond donors (Lipinski definition) is 0. The molecule has 0 atom stereocenters. The largest absolute Gasteiger partial charge is 2.00 e. The molecular formula is Ca4F8. The van der Waals surface area contributed by atoms with Gasteiger partial charge in [-0.1, -0.05) is 0 Å². The van der Waals surface area contributed by atoms with Gasteiger partial charge in [0.1, 0.15) is 0 Å². The summed E-state index contributed by atoms with van der Waals surface area (Å²) in [6, 6.07) is 0. The van der Waals surface area contributed by atoms with Crippen LogP contribution in [0, 0.1) is 0 Å². The summed E-state index contributed by atoms with van der Waals surface area (Å²) < 4.78 is 0. The van der Waals surface area contributed by atoms with E-state index in [0.29, 0.717) is 0 Å². The van der Waals surface area contributed by atoms with Gasteiger partial charge in [0.05, 0.1) is 0 Å². The molecule has 0 aromatic heterocycles. The first-order valence-corrected chi connectivity index (χ1v) is 0. The van der Waals surface area contributed by atoms with Crippen molar-refractivity contribution in [3.63, 3.8) is 0 Å². The maximum absolute atomic E-state index is 0. The van der Waals surface area contributed by atoms with Crippen LogP contribution in [-0.2, 0) is 0 Å². The van der Waals surface area contributed by atoms with Crippen LogP contribution in [0.2, 0.25) is 0 Å². The molecule has 0 fully saturated rings. The summed E-state index contributed by atoms with van der Waals surface area (Å²) in [4.78, 5) is 0. The molecule has 0 radical (unpaired) electrons. The second-order valence-electron chi connectivity index (χ2n) is 0. The summed E-state index contributed by atoms with van der Waals surface area (Å²) in [6.07, 6.45) is 0. The van der Waals surface area contributed by atoms with Crippen molar-refractivity contribution >= 4 is 151 Å². The zero-order valence-corrected chi connectivity index (χ0v) is 14.7. The number of hydrogen-bond acceptors (Lipinski definition) is 0. The zero-order chi connectivity index (χ0) is 0. The Bertz CT molecular complexity index is 11.0. The van der Waals surface area contributed by atoms with Crippen LogP contribution in [0.1, 0.15) is 0 Å².